The Bertz CT molecular complexity index is 322. The highest BCUT2D eigenvalue weighted by molar-refractivity contribution is 5.82. The monoisotopic (exact) mass is 297 g/mol. The van der Waals surface area contributed by atoms with Crippen LogP contribution in [0.5, 0.6) is 0 Å². The van der Waals surface area contributed by atoms with Crippen molar-refractivity contribution in [3.63, 3.8) is 0 Å². The Morgan fingerprint density at radius 2 is 2.05 bits per heavy atom. The molecule has 2 N–H and O–H groups in total. The number of amides is 1. The first kappa shape index (κ1) is 18.4. The maximum Gasteiger partial charge on any atom is 0.237 e. The first-order valence-corrected chi connectivity index (χ1v) is 8.55. The number of hydrogen-bond donors (Lipinski definition) is 2. The van der Waals surface area contributed by atoms with Crippen molar-refractivity contribution in [2.24, 2.45) is 5.92 Å². The van der Waals surface area contributed by atoms with Crippen molar-refractivity contribution in [1.29, 1.82) is 0 Å². The van der Waals surface area contributed by atoms with Crippen LogP contribution < -0.4 is 10.6 Å². The van der Waals surface area contributed by atoms with E-state index in [1.54, 1.807) is 0 Å². The smallest absolute Gasteiger partial charge is 0.237 e. The van der Waals surface area contributed by atoms with Gasteiger partial charge in [0.05, 0.1) is 6.04 Å². The molecule has 0 aromatic rings. The predicted molar refractivity (Wildman–Crippen MR) is 89.4 cm³/mol. The van der Waals surface area contributed by atoms with Crippen molar-refractivity contribution in [3.05, 3.63) is 0 Å². The van der Waals surface area contributed by atoms with Crippen LogP contribution in [0.4, 0.5) is 0 Å². The predicted octanol–water partition coefficient (Wildman–Crippen LogP) is 2.39. The average Bonchev–Trinajstić information content (AvgIpc) is 2.44. The number of nitrogens with zero attached hydrogens (tertiary/aromatic N) is 1. The van der Waals surface area contributed by atoms with Gasteiger partial charge in [-0.2, -0.15) is 0 Å². The highest BCUT2D eigenvalue weighted by Crippen LogP contribution is 2.17. The lowest BCUT2D eigenvalue weighted by atomic mass is 9.97. The lowest BCUT2D eigenvalue weighted by Crippen LogP contribution is -2.55. The van der Waals surface area contributed by atoms with Crippen LogP contribution in [0.25, 0.3) is 0 Å². The van der Waals surface area contributed by atoms with Crippen molar-refractivity contribution in [2.75, 3.05) is 19.6 Å². The first-order chi connectivity index (χ1) is 9.76. The summed E-state index contributed by atoms with van der Waals surface area (Å²) in [6.45, 7) is 15.9. The summed E-state index contributed by atoms with van der Waals surface area (Å²) in [4.78, 5) is 14.9. The molecule has 1 heterocycles. The van der Waals surface area contributed by atoms with E-state index in [-0.39, 0.29) is 17.5 Å². The fourth-order valence-electron chi connectivity index (χ4n) is 2.87. The van der Waals surface area contributed by atoms with Crippen LogP contribution in [0.1, 0.15) is 60.8 Å². The Kier molecular flexibility index (Phi) is 7.14. The molecule has 1 rings (SSSR count). The van der Waals surface area contributed by atoms with Crippen LogP contribution in [0.3, 0.4) is 0 Å². The summed E-state index contributed by atoms with van der Waals surface area (Å²) in [5, 5.41) is 6.65. The van der Waals surface area contributed by atoms with Gasteiger partial charge >= 0.3 is 0 Å². The van der Waals surface area contributed by atoms with Gasteiger partial charge < -0.3 is 10.6 Å². The second kappa shape index (κ2) is 8.14. The number of carbonyl (C=O) groups excluding carboxylic acids is 1. The molecule has 1 saturated heterocycles. The van der Waals surface area contributed by atoms with Gasteiger partial charge in [0.1, 0.15) is 0 Å². The normalized spacial score (nSPS) is 21.6. The van der Waals surface area contributed by atoms with Crippen LogP contribution in [0.15, 0.2) is 0 Å². The Labute approximate surface area is 131 Å². The van der Waals surface area contributed by atoms with E-state index < -0.39 is 0 Å². The lowest BCUT2D eigenvalue weighted by Gasteiger charge is -2.37. The Hall–Kier alpha value is -0.610. The van der Waals surface area contributed by atoms with Gasteiger partial charge in [-0.1, -0.05) is 6.92 Å². The largest absolute Gasteiger partial charge is 0.350 e. The molecule has 4 nitrogen and oxygen atoms in total. The van der Waals surface area contributed by atoms with Crippen molar-refractivity contribution in [3.8, 4) is 0 Å². The fourth-order valence-corrected chi connectivity index (χ4v) is 2.87. The van der Waals surface area contributed by atoms with Gasteiger partial charge in [-0.15, -0.1) is 0 Å². The number of hydrogen-bond acceptors (Lipinski definition) is 3. The third kappa shape index (κ3) is 5.95. The topological polar surface area (TPSA) is 44.4 Å². The molecule has 0 spiro atoms. The van der Waals surface area contributed by atoms with Crippen LogP contribution in [0, 0.1) is 5.92 Å². The van der Waals surface area contributed by atoms with Crippen molar-refractivity contribution in [1.82, 2.24) is 15.5 Å². The molecule has 1 aliphatic heterocycles. The Balaban J connectivity index is 2.63. The van der Waals surface area contributed by atoms with Gasteiger partial charge in [0.15, 0.2) is 0 Å². The molecule has 0 aliphatic carbocycles. The van der Waals surface area contributed by atoms with Crippen molar-refractivity contribution in [2.45, 2.75) is 78.4 Å². The van der Waals surface area contributed by atoms with Crippen LogP contribution in [-0.4, -0.2) is 48.1 Å². The molecule has 4 heteroatoms. The summed E-state index contributed by atoms with van der Waals surface area (Å²) in [6, 6.07) is 0.315. The van der Waals surface area contributed by atoms with E-state index in [0.29, 0.717) is 12.0 Å². The van der Waals surface area contributed by atoms with E-state index in [1.165, 1.54) is 12.8 Å². The fraction of sp³-hybridized carbons (Fsp3) is 0.941. The van der Waals surface area contributed by atoms with E-state index in [2.05, 4.69) is 50.2 Å². The zero-order valence-electron chi connectivity index (χ0n) is 14.8. The molecular formula is C17H35N3O. The van der Waals surface area contributed by atoms with E-state index >= 15 is 0 Å². The Morgan fingerprint density at radius 3 is 2.52 bits per heavy atom. The average molecular weight is 297 g/mol. The third-order valence-electron chi connectivity index (χ3n) is 4.75. The summed E-state index contributed by atoms with van der Waals surface area (Å²) < 4.78 is 0. The lowest BCUT2D eigenvalue weighted by molar-refractivity contribution is -0.128. The molecule has 1 fully saturated rings. The molecule has 0 aromatic carbocycles. The number of nitrogens with one attached hydrogen (secondary N) is 2. The molecule has 0 saturated carbocycles. The number of carbonyl (C=O) groups is 1. The number of rotatable bonds is 7. The minimum atomic E-state index is -0.125. The van der Waals surface area contributed by atoms with Crippen molar-refractivity contribution < 1.29 is 4.79 Å². The van der Waals surface area contributed by atoms with E-state index in [4.69, 9.17) is 0 Å². The van der Waals surface area contributed by atoms with Gasteiger partial charge in [0.2, 0.25) is 5.91 Å². The molecular weight excluding hydrogens is 262 g/mol. The quantitative estimate of drug-likeness (QED) is 0.758. The Morgan fingerprint density at radius 1 is 1.38 bits per heavy atom. The molecule has 1 aliphatic rings. The van der Waals surface area contributed by atoms with Crippen molar-refractivity contribution >= 4 is 5.91 Å². The number of piperidine rings is 1. The van der Waals surface area contributed by atoms with Gasteiger partial charge in [-0.3, -0.25) is 9.69 Å². The van der Waals surface area contributed by atoms with E-state index in [1.807, 2.05) is 6.92 Å². The van der Waals surface area contributed by atoms with Gasteiger partial charge in [0, 0.05) is 18.1 Å². The zero-order chi connectivity index (χ0) is 16.0. The molecule has 0 radical (unpaired) electrons. The molecule has 2 atom stereocenters. The summed E-state index contributed by atoms with van der Waals surface area (Å²) >= 11 is 0. The highest BCUT2D eigenvalue weighted by Gasteiger charge is 2.29. The minimum absolute atomic E-state index is 0.0715. The maximum absolute atomic E-state index is 12.5. The van der Waals surface area contributed by atoms with Gasteiger partial charge in [-0.25, -0.2) is 0 Å². The third-order valence-corrected chi connectivity index (χ3v) is 4.75. The summed E-state index contributed by atoms with van der Waals surface area (Å²) in [7, 11) is 0. The second-order valence-electron chi connectivity index (χ2n) is 7.41. The summed E-state index contributed by atoms with van der Waals surface area (Å²) in [5.41, 5.74) is -0.125. The van der Waals surface area contributed by atoms with Gasteiger partial charge in [-0.05, 0) is 72.9 Å². The summed E-state index contributed by atoms with van der Waals surface area (Å²) in [6.07, 6.45) is 3.46. The SMILES string of the molecule is CCC(C)(C)NC(=O)C(C)N(CC1CCCNC1)C(C)C. The summed E-state index contributed by atoms with van der Waals surface area (Å²) in [5.74, 6) is 0.815. The highest BCUT2D eigenvalue weighted by atomic mass is 16.2. The molecule has 124 valence electrons. The first-order valence-electron chi connectivity index (χ1n) is 8.55. The van der Waals surface area contributed by atoms with Crippen LogP contribution >= 0.6 is 0 Å². The van der Waals surface area contributed by atoms with Gasteiger partial charge in [0.25, 0.3) is 0 Å². The molecule has 21 heavy (non-hydrogen) atoms. The second-order valence-corrected chi connectivity index (χ2v) is 7.41. The van der Waals surface area contributed by atoms with Crippen LogP contribution in [-0.2, 0) is 4.79 Å². The molecule has 0 aromatic heterocycles. The zero-order valence-corrected chi connectivity index (χ0v) is 14.8. The van der Waals surface area contributed by atoms with Crippen LogP contribution in [0.2, 0.25) is 0 Å². The standard InChI is InChI=1S/C17H35N3O/c1-7-17(5,6)19-16(21)14(4)20(13(2)3)12-15-9-8-10-18-11-15/h13-15,18H,7-12H2,1-6H3,(H,19,21). The molecule has 2 unspecified atom stereocenters. The van der Waals surface area contributed by atoms with E-state index in [0.717, 1.165) is 26.1 Å². The molecule has 1 amide bonds. The minimum Gasteiger partial charge on any atom is -0.350 e. The molecule has 0 bridgehead atoms. The van der Waals surface area contributed by atoms with E-state index in [9.17, 15) is 4.79 Å². The maximum atomic E-state index is 12.5.